The Kier molecular flexibility index (Phi) is 4.92. The first-order valence-corrected chi connectivity index (χ1v) is 6.85. The van der Waals surface area contributed by atoms with Crippen LogP contribution in [0.25, 0.3) is 0 Å². The molecule has 5 nitrogen and oxygen atoms in total. The Labute approximate surface area is 128 Å². The number of hydrogen-bond acceptors (Lipinski definition) is 5. The van der Waals surface area contributed by atoms with Gasteiger partial charge in [-0.3, -0.25) is 0 Å². The number of aromatic nitrogens is 2. The number of halogens is 1. The van der Waals surface area contributed by atoms with Crippen LogP contribution in [0.5, 0.6) is 11.9 Å². The third kappa shape index (κ3) is 4.14. The van der Waals surface area contributed by atoms with Gasteiger partial charge in [-0.2, -0.15) is 9.97 Å². The first kappa shape index (κ1) is 16.2. The van der Waals surface area contributed by atoms with Crippen molar-refractivity contribution >= 4 is 0 Å². The Balaban J connectivity index is 2.19. The molecule has 0 saturated heterocycles. The summed E-state index contributed by atoms with van der Waals surface area (Å²) in [6.45, 7) is 1.64. The van der Waals surface area contributed by atoms with Gasteiger partial charge in [0.15, 0.2) is 0 Å². The van der Waals surface area contributed by atoms with E-state index in [4.69, 9.17) is 9.47 Å². The molecule has 0 saturated carbocycles. The second kappa shape index (κ2) is 6.70. The van der Waals surface area contributed by atoms with Crippen LogP contribution in [0.2, 0.25) is 0 Å². The van der Waals surface area contributed by atoms with Crippen LogP contribution in [0.1, 0.15) is 18.2 Å². The lowest BCUT2D eigenvalue weighted by Crippen LogP contribution is -2.31. The van der Waals surface area contributed by atoms with E-state index in [1.807, 2.05) is 0 Å². The third-order valence-corrected chi connectivity index (χ3v) is 3.22. The largest absolute Gasteiger partial charge is 0.481 e. The third-order valence-electron chi connectivity index (χ3n) is 3.22. The summed E-state index contributed by atoms with van der Waals surface area (Å²) in [6.07, 6.45) is 0.394. The molecule has 1 heterocycles. The van der Waals surface area contributed by atoms with Gasteiger partial charge in [0, 0.05) is 18.9 Å². The number of nitrogens with zero attached hydrogens (tertiary/aromatic N) is 2. The molecule has 6 heteroatoms. The molecule has 2 aromatic rings. The lowest BCUT2D eigenvalue weighted by molar-refractivity contribution is 0.0587. The van der Waals surface area contributed by atoms with Gasteiger partial charge < -0.3 is 14.6 Å². The molecule has 2 rings (SSSR count). The molecule has 22 heavy (non-hydrogen) atoms. The van der Waals surface area contributed by atoms with E-state index >= 15 is 0 Å². The minimum atomic E-state index is -1.16. The zero-order valence-electron chi connectivity index (χ0n) is 12.8. The molecule has 0 bridgehead atoms. The Morgan fingerprint density at radius 2 is 1.86 bits per heavy atom. The molecule has 0 aliphatic carbocycles. The topological polar surface area (TPSA) is 64.5 Å². The normalized spacial score (nSPS) is 13.5. The van der Waals surface area contributed by atoms with Crippen LogP contribution in [0.3, 0.4) is 0 Å². The summed E-state index contributed by atoms with van der Waals surface area (Å²) in [5.41, 5.74) is -0.141. The van der Waals surface area contributed by atoms with Gasteiger partial charge in [0.2, 0.25) is 5.88 Å². The standard InChI is InChI=1S/C16H19FN2O3/c1-16(20,9-11-6-4-5-7-13(11)17)10-12-8-14(21-2)19-15(18-12)22-3/h4-8,20H,9-10H2,1-3H3. The van der Waals surface area contributed by atoms with E-state index in [2.05, 4.69) is 9.97 Å². The van der Waals surface area contributed by atoms with Crippen molar-refractivity contribution in [3.05, 3.63) is 47.4 Å². The molecular formula is C16H19FN2O3. The molecule has 0 amide bonds. The van der Waals surface area contributed by atoms with Gasteiger partial charge >= 0.3 is 6.01 Å². The monoisotopic (exact) mass is 306 g/mol. The summed E-state index contributed by atoms with van der Waals surface area (Å²) < 4.78 is 23.8. The molecule has 0 fully saturated rings. The molecule has 0 spiro atoms. The highest BCUT2D eigenvalue weighted by atomic mass is 19.1. The van der Waals surface area contributed by atoms with E-state index in [0.29, 0.717) is 17.1 Å². The fourth-order valence-electron chi connectivity index (χ4n) is 2.24. The van der Waals surface area contributed by atoms with Gasteiger partial charge in [0.05, 0.1) is 25.5 Å². The van der Waals surface area contributed by atoms with E-state index in [1.54, 1.807) is 31.2 Å². The lowest BCUT2D eigenvalue weighted by atomic mass is 9.91. The van der Waals surface area contributed by atoms with Crippen LogP contribution in [-0.2, 0) is 12.8 Å². The quantitative estimate of drug-likeness (QED) is 0.886. The maximum absolute atomic E-state index is 13.7. The van der Waals surface area contributed by atoms with Gasteiger partial charge in [-0.05, 0) is 18.6 Å². The highest BCUT2D eigenvalue weighted by molar-refractivity contribution is 5.23. The van der Waals surface area contributed by atoms with Crippen LogP contribution < -0.4 is 9.47 Å². The maximum Gasteiger partial charge on any atom is 0.319 e. The maximum atomic E-state index is 13.7. The highest BCUT2D eigenvalue weighted by Crippen LogP contribution is 2.22. The summed E-state index contributed by atoms with van der Waals surface area (Å²) in [6, 6.07) is 8.18. The van der Waals surface area contributed by atoms with Gasteiger partial charge in [-0.25, -0.2) is 4.39 Å². The first-order chi connectivity index (χ1) is 10.4. The van der Waals surface area contributed by atoms with E-state index < -0.39 is 5.60 Å². The smallest absolute Gasteiger partial charge is 0.319 e. The van der Waals surface area contributed by atoms with Crippen LogP contribution >= 0.6 is 0 Å². The molecule has 0 radical (unpaired) electrons. The van der Waals surface area contributed by atoms with E-state index in [-0.39, 0.29) is 24.7 Å². The average Bonchev–Trinajstić information content (AvgIpc) is 2.48. The fourth-order valence-corrected chi connectivity index (χ4v) is 2.24. The lowest BCUT2D eigenvalue weighted by Gasteiger charge is -2.23. The van der Waals surface area contributed by atoms with E-state index in [1.165, 1.54) is 20.3 Å². The van der Waals surface area contributed by atoms with Crippen LogP contribution in [0.4, 0.5) is 4.39 Å². The molecule has 1 unspecified atom stereocenters. The van der Waals surface area contributed by atoms with Crippen LogP contribution in [0, 0.1) is 5.82 Å². The van der Waals surface area contributed by atoms with Gasteiger partial charge in [0.25, 0.3) is 0 Å². The van der Waals surface area contributed by atoms with E-state index in [0.717, 1.165) is 0 Å². The number of rotatable bonds is 6. The molecule has 1 aromatic heterocycles. The Morgan fingerprint density at radius 1 is 1.14 bits per heavy atom. The average molecular weight is 306 g/mol. The van der Waals surface area contributed by atoms with Crippen molar-refractivity contribution in [2.24, 2.45) is 0 Å². The molecule has 0 aliphatic rings. The minimum Gasteiger partial charge on any atom is -0.481 e. The number of ether oxygens (including phenoxy) is 2. The van der Waals surface area contributed by atoms with Crippen molar-refractivity contribution in [3.8, 4) is 11.9 Å². The second-order valence-corrected chi connectivity index (χ2v) is 5.33. The van der Waals surface area contributed by atoms with Crippen LogP contribution in [0.15, 0.2) is 30.3 Å². The number of methoxy groups -OCH3 is 2. The van der Waals surface area contributed by atoms with Crippen LogP contribution in [-0.4, -0.2) is 34.9 Å². The number of aliphatic hydroxyl groups is 1. The molecule has 1 aromatic carbocycles. The fraction of sp³-hybridized carbons (Fsp3) is 0.375. The number of benzene rings is 1. The molecule has 1 atom stereocenters. The summed E-state index contributed by atoms with van der Waals surface area (Å²) in [7, 11) is 2.94. The molecule has 0 aliphatic heterocycles. The van der Waals surface area contributed by atoms with Gasteiger partial charge in [-0.15, -0.1) is 0 Å². The second-order valence-electron chi connectivity index (χ2n) is 5.33. The summed E-state index contributed by atoms with van der Waals surface area (Å²) in [4.78, 5) is 8.18. The summed E-state index contributed by atoms with van der Waals surface area (Å²) in [5.74, 6) is 0.0177. The van der Waals surface area contributed by atoms with Crippen molar-refractivity contribution < 1.29 is 19.0 Å². The van der Waals surface area contributed by atoms with Gasteiger partial charge in [0.1, 0.15) is 5.82 Å². The Hall–Kier alpha value is -2.21. The SMILES string of the molecule is COc1cc(CC(C)(O)Cc2ccccc2F)nc(OC)n1. The Morgan fingerprint density at radius 3 is 2.50 bits per heavy atom. The zero-order valence-corrected chi connectivity index (χ0v) is 12.8. The number of hydrogen-bond donors (Lipinski definition) is 1. The highest BCUT2D eigenvalue weighted by Gasteiger charge is 2.24. The predicted octanol–water partition coefficient (Wildman–Crippen LogP) is 2.17. The Bertz CT molecular complexity index is 625. The predicted molar refractivity (Wildman–Crippen MR) is 79.6 cm³/mol. The van der Waals surface area contributed by atoms with Crippen molar-refractivity contribution in [1.29, 1.82) is 0 Å². The molecule has 118 valence electrons. The molecule has 1 N–H and O–H groups in total. The van der Waals surface area contributed by atoms with Crippen molar-refractivity contribution in [2.45, 2.75) is 25.4 Å². The van der Waals surface area contributed by atoms with Crippen molar-refractivity contribution in [1.82, 2.24) is 9.97 Å². The summed E-state index contributed by atoms with van der Waals surface area (Å²) in [5, 5.41) is 10.6. The molecular weight excluding hydrogens is 287 g/mol. The van der Waals surface area contributed by atoms with Crippen molar-refractivity contribution in [2.75, 3.05) is 14.2 Å². The first-order valence-electron chi connectivity index (χ1n) is 6.85. The minimum absolute atomic E-state index is 0.163. The van der Waals surface area contributed by atoms with Crippen molar-refractivity contribution in [3.63, 3.8) is 0 Å². The zero-order chi connectivity index (χ0) is 16.2. The summed E-state index contributed by atoms with van der Waals surface area (Å²) >= 11 is 0. The van der Waals surface area contributed by atoms with Gasteiger partial charge in [-0.1, -0.05) is 18.2 Å². The van der Waals surface area contributed by atoms with E-state index in [9.17, 15) is 9.50 Å².